The molecule has 35 heavy (non-hydrogen) atoms. The van der Waals surface area contributed by atoms with E-state index in [-0.39, 0.29) is 18.1 Å². The molecule has 182 valence electrons. The molecule has 1 unspecified atom stereocenters. The summed E-state index contributed by atoms with van der Waals surface area (Å²) in [4.78, 5) is 16.6. The molecule has 0 spiro atoms. The first-order chi connectivity index (χ1) is 16.6. The van der Waals surface area contributed by atoms with Crippen molar-refractivity contribution in [1.82, 2.24) is 19.9 Å². The van der Waals surface area contributed by atoms with Gasteiger partial charge in [0, 0.05) is 5.56 Å². The number of benzene rings is 2. The van der Waals surface area contributed by atoms with Crippen LogP contribution in [0.2, 0.25) is 0 Å². The first-order valence-electron chi connectivity index (χ1n) is 10.6. The van der Waals surface area contributed by atoms with E-state index in [2.05, 4.69) is 20.0 Å². The van der Waals surface area contributed by atoms with Crippen molar-refractivity contribution < 1.29 is 32.0 Å². The van der Waals surface area contributed by atoms with Gasteiger partial charge in [-0.05, 0) is 50.6 Å². The molecule has 2 heterocycles. The Morgan fingerprint density at radius 1 is 1.09 bits per heavy atom. The first kappa shape index (κ1) is 24.0. The predicted octanol–water partition coefficient (Wildman–Crippen LogP) is 5.28. The lowest BCUT2D eigenvalue weighted by molar-refractivity contribution is -0.274. The highest BCUT2D eigenvalue weighted by Crippen LogP contribution is 2.26. The predicted molar refractivity (Wildman–Crippen MR) is 118 cm³/mol. The van der Waals surface area contributed by atoms with Gasteiger partial charge in [0.15, 0.2) is 5.82 Å². The van der Waals surface area contributed by atoms with Gasteiger partial charge in [-0.3, -0.25) is 4.79 Å². The van der Waals surface area contributed by atoms with Crippen LogP contribution in [0, 0.1) is 13.8 Å². The number of nitrogens with zero attached hydrogens (tertiary/aromatic N) is 4. The molecule has 0 saturated carbocycles. The molecule has 0 aliphatic carbocycles. The second-order valence-corrected chi connectivity index (χ2v) is 7.80. The number of carbonyl (C=O) groups excluding carboxylic acids is 1. The zero-order valence-electron chi connectivity index (χ0n) is 19.0. The van der Waals surface area contributed by atoms with E-state index in [0.717, 1.165) is 11.1 Å². The van der Waals surface area contributed by atoms with Crippen LogP contribution in [0.5, 0.6) is 5.75 Å². The fourth-order valence-corrected chi connectivity index (χ4v) is 3.63. The second kappa shape index (κ2) is 9.61. The second-order valence-electron chi connectivity index (χ2n) is 7.80. The van der Waals surface area contributed by atoms with Gasteiger partial charge in [0.2, 0.25) is 0 Å². The number of esters is 1. The smallest absolute Gasteiger partial charge is 0.457 e. The summed E-state index contributed by atoms with van der Waals surface area (Å²) >= 11 is 0. The van der Waals surface area contributed by atoms with Crippen molar-refractivity contribution >= 4 is 5.97 Å². The number of hydrogen-bond donors (Lipinski definition) is 0. The molecular formula is C24H21F3N4O4. The Labute approximate surface area is 198 Å². The highest BCUT2D eigenvalue weighted by Gasteiger charge is 2.31. The van der Waals surface area contributed by atoms with Gasteiger partial charge in [0.1, 0.15) is 23.9 Å². The van der Waals surface area contributed by atoms with Crippen molar-refractivity contribution in [2.24, 2.45) is 0 Å². The van der Waals surface area contributed by atoms with Gasteiger partial charge in [-0.1, -0.05) is 29.4 Å². The van der Waals surface area contributed by atoms with Crippen molar-refractivity contribution in [2.45, 2.75) is 39.7 Å². The van der Waals surface area contributed by atoms with E-state index in [4.69, 9.17) is 9.26 Å². The quantitative estimate of drug-likeness (QED) is 0.328. The molecule has 4 rings (SSSR count). The minimum absolute atomic E-state index is 0.0855. The van der Waals surface area contributed by atoms with Gasteiger partial charge in [-0.2, -0.15) is 0 Å². The van der Waals surface area contributed by atoms with Crippen LogP contribution in [0.4, 0.5) is 13.2 Å². The summed E-state index contributed by atoms with van der Waals surface area (Å²) in [5.41, 5.74) is 3.43. The summed E-state index contributed by atoms with van der Waals surface area (Å²) in [5, 5.41) is 8.24. The Morgan fingerprint density at radius 2 is 1.77 bits per heavy atom. The van der Waals surface area contributed by atoms with E-state index in [1.54, 1.807) is 45.0 Å². The number of alkyl halides is 3. The lowest BCUT2D eigenvalue weighted by Gasteiger charge is -2.13. The van der Waals surface area contributed by atoms with Crippen molar-refractivity contribution in [3.8, 4) is 22.8 Å². The third-order valence-electron chi connectivity index (χ3n) is 5.19. The van der Waals surface area contributed by atoms with Gasteiger partial charge in [0.25, 0.3) is 0 Å². The van der Waals surface area contributed by atoms with Crippen LogP contribution >= 0.6 is 0 Å². The molecule has 0 saturated heterocycles. The molecule has 0 aliphatic rings. The third-order valence-corrected chi connectivity index (χ3v) is 5.19. The van der Waals surface area contributed by atoms with Crippen LogP contribution < -0.4 is 4.74 Å². The maximum Gasteiger partial charge on any atom is 0.573 e. The molecule has 4 aromatic rings. The van der Waals surface area contributed by atoms with Gasteiger partial charge in [-0.25, -0.2) is 9.67 Å². The standard InChI is InChI=1S/C24H21F3N4O4/c1-14-22(16(3)35-30-14)15(2)33-21(32)12-17-4-6-18(7-5-17)23-28-13-31(29-23)19-8-10-20(11-9-19)34-24(25,26)27/h4-11,13,15H,12H2,1-3H3. The van der Waals surface area contributed by atoms with E-state index < -0.39 is 12.5 Å². The summed E-state index contributed by atoms with van der Waals surface area (Å²) in [7, 11) is 0. The van der Waals surface area contributed by atoms with Crippen LogP contribution in [0.3, 0.4) is 0 Å². The summed E-state index contributed by atoms with van der Waals surface area (Å²) < 4.78 is 52.9. The van der Waals surface area contributed by atoms with E-state index in [9.17, 15) is 18.0 Å². The normalized spacial score (nSPS) is 12.4. The SMILES string of the molecule is Cc1noc(C)c1C(C)OC(=O)Cc1ccc(-c2ncn(-c3ccc(OC(F)(F)F)cc3)n2)cc1. The van der Waals surface area contributed by atoms with E-state index >= 15 is 0 Å². The van der Waals surface area contributed by atoms with E-state index in [1.165, 1.54) is 35.3 Å². The fourth-order valence-electron chi connectivity index (χ4n) is 3.63. The minimum Gasteiger partial charge on any atom is -0.457 e. The third kappa shape index (κ3) is 5.86. The van der Waals surface area contributed by atoms with Gasteiger partial charge >= 0.3 is 12.3 Å². The monoisotopic (exact) mass is 486 g/mol. The summed E-state index contributed by atoms with van der Waals surface area (Å²) in [6, 6.07) is 12.4. The molecule has 0 fully saturated rings. The van der Waals surface area contributed by atoms with Crippen LogP contribution in [0.1, 0.15) is 35.6 Å². The van der Waals surface area contributed by atoms with Crippen LogP contribution in [0.15, 0.2) is 59.4 Å². The lowest BCUT2D eigenvalue weighted by Crippen LogP contribution is -2.17. The molecule has 8 nitrogen and oxygen atoms in total. The number of ether oxygens (including phenoxy) is 2. The average Bonchev–Trinajstić information content (AvgIpc) is 3.40. The highest BCUT2D eigenvalue weighted by molar-refractivity contribution is 5.73. The summed E-state index contributed by atoms with van der Waals surface area (Å²) in [6.45, 7) is 5.33. The van der Waals surface area contributed by atoms with Gasteiger partial charge in [-0.15, -0.1) is 18.3 Å². The molecular weight excluding hydrogens is 465 g/mol. The number of hydrogen-bond acceptors (Lipinski definition) is 7. The fraction of sp³-hybridized carbons (Fsp3) is 0.250. The zero-order valence-corrected chi connectivity index (χ0v) is 19.0. The van der Waals surface area contributed by atoms with Gasteiger partial charge in [0.05, 0.1) is 23.4 Å². The maximum absolute atomic E-state index is 12.4. The van der Waals surface area contributed by atoms with E-state index in [1.807, 2.05) is 0 Å². The number of aromatic nitrogens is 4. The molecule has 0 radical (unpaired) electrons. The van der Waals surface area contributed by atoms with Crippen LogP contribution in [0.25, 0.3) is 17.1 Å². The average molecular weight is 486 g/mol. The maximum atomic E-state index is 12.4. The number of rotatable bonds is 7. The van der Waals surface area contributed by atoms with Crippen molar-refractivity contribution in [1.29, 1.82) is 0 Å². The molecule has 11 heteroatoms. The Morgan fingerprint density at radius 3 is 2.37 bits per heavy atom. The molecule has 0 amide bonds. The number of aryl methyl sites for hydroxylation is 2. The minimum atomic E-state index is -4.75. The Balaban J connectivity index is 1.38. The van der Waals surface area contributed by atoms with Crippen molar-refractivity contribution in [3.63, 3.8) is 0 Å². The largest absolute Gasteiger partial charge is 0.573 e. The van der Waals surface area contributed by atoms with Gasteiger partial charge < -0.3 is 14.0 Å². The van der Waals surface area contributed by atoms with Crippen molar-refractivity contribution in [2.75, 3.05) is 0 Å². The van der Waals surface area contributed by atoms with Crippen LogP contribution in [-0.4, -0.2) is 32.3 Å². The van der Waals surface area contributed by atoms with Crippen LogP contribution in [-0.2, 0) is 16.0 Å². The van der Waals surface area contributed by atoms with E-state index in [0.29, 0.717) is 28.5 Å². The summed E-state index contributed by atoms with van der Waals surface area (Å²) in [6.07, 6.45) is -3.69. The molecule has 2 aromatic carbocycles. The molecule has 1 atom stereocenters. The Hall–Kier alpha value is -4.15. The topological polar surface area (TPSA) is 92.3 Å². The van der Waals surface area contributed by atoms with Crippen molar-refractivity contribution in [3.05, 3.63) is 77.4 Å². The first-order valence-corrected chi connectivity index (χ1v) is 10.6. The summed E-state index contributed by atoms with van der Waals surface area (Å²) in [5.74, 6) is 0.328. The molecule has 2 aromatic heterocycles. The molecule has 0 aliphatic heterocycles. The highest BCUT2D eigenvalue weighted by atomic mass is 19.4. The number of carbonyl (C=O) groups is 1. The molecule has 0 bridgehead atoms. The number of halogens is 3. The zero-order chi connectivity index (χ0) is 25.2. The Bertz CT molecular complexity index is 1290. The lowest BCUT2D eigenvalue weighted by atomic mass is 10.1. The molecule has 0 N–H and O–H groups in total. The Kier molecular flexibility index (Phi) is 6.59.